The van der Waals surface area contributed by atoms with Crippen molar-refractivity contribution in [2.75, 3.05) is 0 Å². The number of aromatic nitrogens is 1. The second kappa shape index (κ2) is 2.54. The Morgan fingerprint density at radius 1 is 1.55 bits per heavy atom. The summed E-state index contributed by atoms with van der Waals surface area (Å²) < 4.78 is 39.6. The molecule has 3 nitrogen and oxygen atoms in total. The second-order valence-corrected chi connectivity index (χ2v) is 1.88. The third-order valence-electron chi connectivity index (χ3n) is 1.05. The summed E-state index contributed by atoms with van der Waals surface area (Å²) in [6, 6.07) is 0.778. The zero-order chi connectivity index (χ0) is 8.48. The van der Waals surface area contributed by atoms with E-state index < -0.39 is 11.9 Å². The molecule has 0 aromatic carbocycles. The molecule has 11 heavy (non-hydrogen) atoms. The van der Waals surface area contributed by atoms with E-state index in [1.54, 1.807) is 0 Å². The molecule has 0 bridgehead atoms. The predicted molar refractivity (Wildman–Crippen MR) is 29.4 cm³/mol. The lowest BCUT2D eigenvalue weighted by Gasteiger charge is -1.97. The smallest absolute Gasteiger partial charge is 0.359 e. The van der Waals surface area contributed by atoms with Crippen molar-refractivity contribution in [1.29, 1.82) is 0 Å². The lowest BCUT2D eigenvalue weighted by atomic mass is 10.3. The summed E-state index contributed by atoms with van der Waals surface area (Å²) in [5.74, 6) is 0.0253. The molecular formula is C5H5F3N2O. The van der Waals surface area contributed by atoms with E-state index in [-0.39, 0.29) is 12.3 Å². The highest BCUT2D eigenvalue weighted by molar-refractivity contribution is 5.07. The molecule has 0 fully saturated rings. The standard InChI is InChI=1S/C5H5F3N2O/c6-5(7,8)4-1-3(2-9)11-10-4/h1H,2,9H2. The summed E-state index contributed by atoms with van der Waals surface area (Å²) in [6.45, 7) is -0.0803. The van der Waals surface area contributed by atoms with Gasteiger partial charge in [0.15, 0.2) is 11.5 Å². The van der Waals surface area contributed by atoms with Gasteiger partial charge in [0.2, 0.25) is 0 Å². The largest absolute Gasteiger partial charge is 0.436 e. The minimum absolute atomic E-state index is 0.0253. The normalized spacial score (nSPS) is 12.0. The fourth-order valence-corrected chi connectivity index (χ4v) is 0.543. The quantitative estimate of drug-likeness (QED) is 0.680. The highest BCUT2D eigenvalue weighted by Gasteiger charge is 2.34. The predicted octanol–water partition coefficient (Wildman–Crippen LogP) is 1.15. The molecule has 62 valence electrons. The molecule has 0 aliphatic heterocycles. The van der Waals surface area contributed by atoms with E-state index in [4.69, 9.17) is 5.73 Å². The Kier molecular flexibility index (Phi) is 1.86. The minimum atomic E-state index is -4.45. The molecule has 0 unspecified atom stereocenters. The van der Waals surface area contributed by atoms with Gasteiger partial charge in [0.05, 0.1) is 6.54 Å². The van der Waals surface area contributed by atoms with Crippen LogP contribution in [0.3, 0.4) is 0 Å². The monoisotopic (exact) mass is 166 g/mol. The van der Waals surface area contributed by atoms with Gasteiger partial charge in [-0.15, -0.1) is 0 Å². The van der Waals surface area contributed by atoms with Gasteiger partial charge in [0, 0.05) is 6.07 Å². The van der Waals surface area contributed by atoms with Crippen molar-refractivity contribution in [3.8, 4) is 0 Å². The van der Waals surface area contributed by atoms with Gasteiger partial charge >= 0.3 is 6.18 Å². The van der Waals surface area contributed by atoms with Gasteiger partial charge in [-0.05, 0) is 0 Å². The van der Waals surface area contributed by atoms with E-state index in [0.717, 1.165) is 6.07 Å². The molecule has 0 amide bonds. The second-order valence-electron chi connectivity index (χ2n) is 1.88. The third-order valence-corrected chi connectivity index (χ3v) is 1.05. The van der Waals surface area contributed by atoms with E-state index in [2.05, 4.69) is 9.68 Å². The maximum Gasteiger partial charge on any atom is 0.436 e. The van der Waals surface area contributed by atoms with Gasteiger partial charge in [-0.25, -0.2) is 0 Å². The Morgan fingerprint density at radius 2 is 2.18 bits per heavy atom. The first-order chi connectivity index (χ1) is 5.04. The summed E-state index contributed by atoms with van der Waals surface area (Å²) in [7, 11) is 0. The average Bonchev–Trinajstić information content (AvgIpc) is 2.32. The fourth-order valence-electron chi connectivity index (χ4n) is 0.543. The Hall–Kier alpha value is -1.04. The molecule has 6 heteroatoms. The van der Waals surface area contributed by atoms with Crippen molar-refractivity contribution in [2.45, 2.75) is 12.7 Å². The van der Waals surface area contributed by atoms with Crippen molar-refractivity contribution < 1.29 is 17.7 Å². The van der Waals surface area contributed by atoms with Gasteiger partial charge < -0.3 is 10.3 Å². The van der Waals surface area contributed by atoms with E-state index in [0.29, 0.717) is 0 Å². The first-order valence-corrected chi connectivity index (χ1v) is 2.77. The Balaban J connectivity index is 2.89. The Morgan fingerprint density at radius 3 is 2.45 bits per heavy atom. The van der Waals surface area contributed by atoms with Gasteiger partial charge in [-0.1, -0.05) is 5.16 Å². The number of alkyl halides is 3. The zero-order valence-electron chi connectivity index (χ0n) is 5.35. The first kappa shape index (κ1) is 8.06. The summed E-state index contributed by atoms with van der Waals surface area (Å²) in [5, 5.41) is 2.78. The van der Waals surface area contributed by atoms with Crippen LogP contribution in [0.25, 0.3) is 0 Å². The Bertz CT molecular complexity index is 242. The average molecular weight is 166 g/mol. The van der Waals surface area contributed by atoms with E-state index in [1.165, 1.54) is 0 Å². The SMILES string of the molecule is NCc1cc(C(F)(F)F)no1. The minimum Gasteiger partial charge on any atom is -0.359 e. The number of hydrogen-bond donors (Lipinski definition) is 1. The van der Waals surface area contributed by atoms with Crippen LogP contribution in [0.4, 0.5) is 13.2 Å². The summed E-state index contributed by atoms with van der Waals surface area (Å²) in [4.78, 5) is 0. The van der Waals surface area contributed by atoms with Crippen LogP contribution in [0.2, 0.25) is 0 Å². The molecule has 0 radical (unpaired) electrons. The highest BCUT2D eigenvalue weighted by Crippen LogP contribution is 2.28. The summed E-state index contributed by atoms with van der Waals surface area (Å²) in [5.41, 5.74) is 3.96. The maximum absolute atomic E-state index is 11.8. The summed E-state index contributed by atoms with van der Waals surface area (Å²) >= 11 is 0. The highest BCUT2D eigenvalue weighted by atomic mass is 19.4. The van der Waals surface area contributed by atoms with Crippen molar-refractivity contribution in [3.05, 3.63) is 17.5 Å². The van der Waals surface area contributed by atoms with Gasteiger partial charge in [-0.2, -0.15) is 13.2 Å². The number of hydrogen-bond acceptors (Lipinski definition) is 3. The molecular weight excluding hydrogens is 161 g/mol. The van der Waals surface area contributed by atoms with Crippen molar-refractivity contribution in [1.82, 2.24) is 5.16 Å². The van der Waals surface area contributed by atoms with E-state index >= 15 is 0 Å². The van der Waals surface area contributed by atoms with Crippen molar-refractivity contribution >= 4 is 0 Å². The lowest BCUT2D eigenvalue weighted by molar-refractivity contribution is -0.142. The molecule has 0 atom stereocenters. The molecule has 0 spiro atoms. The van der Waals surface area contributed by atoms with E-state index in [9.17, 15) is 13.2 Å². The first-order valence-electron chi connectivity index (χ1n) is 2.77. The number of halogens is 3. The van der Waals surface area contributed by atoms with Crippen LogP contribution < -0.4 is 5.73 Å². The Labute approximate surface area is 60.0 Å². The molecule has 0 aliphatic rings. The van der Waals surface area contributed by atoms with Crippen LogP contribution in [-0.4, -0.2) is 5.16 Å². The lowest BCUT2D eigenvalue weighted by Crippen LogP contribution is -2.04. The topological polar surface area (TPSA) is 52.0 Å². The number of nitrogens with zero attached hydrogens (tertiary/aromatic N) is 1. The zero-order valence-corrected chi connectivity index (χ0v) is 5.35. The molecule has 0 saturated carbocycles. The van der Waals surface area contributed by atoms with Crippen LogP contribution >= 0.6 is 0 Å². The van der Waals surface area contributed by atoms with Crippen LogP contribution in [-0.2, 0) is 12.7 Å². The van der Waals surface area contributed by atoms with E-state index in [1.807, 2.05) is 0 Å². The van der Waals surface area contributed by atoms with Crippen molar-refractivity contribution in [2.24, 2.45) is 5.73 Å². The van der Waals surface area contributed by atoms with Crippen LogP contribution in [0.1, 0.15) is 11.5 Å². The third kappa shape index (κ3) is 1.70. The molecule has 1 heterocycles. The van der Waals surface area contributed by atoms with Gasteiger partial charge in [0.1, 0.15) is 0 Å². The molecule has 1 aromatic heterocycles. The fraction of sp³-hybridized carbons (Fsp3) is 0.400. The van der Waals surface area contributed by atoms with Gasteiger partial charge in [0.25, 0.3) is 0 Å². The van der Waals surface area contributed by atoms with Crippen LogP contribution in [0.5, 0.6) is 0 Å². The molecule has 2 N–H and O–H groups in total. The molecule has 1 aromatic rings. The van der Waals surface area contributed by atoms with Crippen LogP contribution in [0, 0.1) is 0 Å². The van der Waals surface area contributed by atoms with Crippen LogP contribution in [0.15, 0.2) is 10.6 Å². The molecule has 0 aliphatic carbocycles. The molecule has 0 saturated heterocycles. The van der Waals surface area contributed by atoms with Crippen molar-refractivity contribution in [3.63, 3.8) is 0 Å². The number of rotatable bonds is 1. The molecule has 1 rings (SSSR count). The number of nitrogens with two attached hydrogens (primary N) is 1. The van der Waals surface area contributed by atoms with Gasteiger partial charge in [-0.3, -0.25) is 0 Å². The maximum atomic E-state index is 11.8. The summed E-state index contributed by atoms with van der Waals surface area (Å²) in [6.07, 6.45) is -4.45.